The van der Waals surface area contributed by atoms with Crippen LogP contribution in [0.2, 0.25) is 0 Å². The van der Waals surface area contributed by atoms with Gasteiger partial charge in [0.25, 0.3) is 0 Å². The molecular weight excluding hydrogens is 1080 g/mol. The molecule has 19 nitrogen and oxygen atoms in total. The van der Waals surface area contributed by atoms with Crippen molar-refractivity contribution in [1.82, 2.24) is 5.32 Å². The summed E-state index contributed by atoms with van der Waals surface area (Å²) in [6.45, 7) is 1.53. The van der Waals surface area contributed by atoms with Gasteiger partial charge < -0.3 is 89.9 Å². The molecule has 484 valence electrons. The molecule has 0 aromatic carbocycles. The Morgan fingerprint density at radius 1 is 0.440 bits per heavy atom. The van der Waals surface area contributed by atoms with Crippen LogP contribution in [0.5, 0.6) is 0 Å². The van der Waals surface area contributed by atoms with Crippen molar-refractivity contribution in [3.8, 4) is 0 Å². The second-order valence-corrected chi connectivity index (χ2v) is 22.5. The number of nitrogens with one attached hydrogen (secondary N) is 1. The zero-order valence-electron chi connectivity index (χ0n) is 50.6. The van der Waals surface area contributed by atoms with Gasteiger partial charge in [0.15, 0.2) is 18.9 Å². The van der Waals surface area contributed by atoms with Gasteiger partial charge in [0.05, 0.1) is 38.6 Å². The SMILES string of the molecule is CC/C=C\C/C=C\C/C=C\C/C=C\C/C=C\CCCCCCCCCCCCCCCC(=O)NC(COC1OC(CO)C(OC2OC(CO)C(OC3OC(CO)C(O)C(O)C3O)C(O)C2O)C(O)C1O)C(O)/C=C/CC/C=C/CCCCCC. The second kappa shape index (κ2) is 47.0. The first-order valence-corrected chi connectivity index (χ1v) is 31.8. The number of aliphatic hydroxyl groups is 11. The number of amides is 1. The number of unbranched alkanes of at least 4 members (excludes halogenated alkanes) is 18. The van der Waals surface area contributed by atoms with Crippen LogP contribution in [0.15, 0.2) is 85.1 Å². The largest absolute Gasteiger partial charge is 0.394 e. The molecule has 0 saturated carbocycles. The summed E-state index contributed by atoms with van der Waals surface area (Å²) in [7, 11) is 0. The molecule has 12 N–H and O–H groups in total. The zero-order chi connectivity index (χ0) is 61.2. The fourth-order valence-corrected chi connectivity index (χ4v) is 10.2. The maximum atomic E-state index is 13.3. The average molecular weight is 1190 g/mol. The Morgan fingerprint density at radius 3 is 1.33 bits per heavy atom. The average Bonchev–Trinajstić information content (AvgIpc) is 2.80. The highest BCUT2D eigenvalue weighted by molar-refractivity contribution is 5.76. The van der Waals surface area contributed by atoms with Gasteiger partial charge >= 0.3 is 0 Å². The Labute approximate surface area is 501 Å². The highest BCUT2D eigenvalue weighted by atomic mass is 16.8. The summed E-state index contributed by atoms with van der Waals surface area (Å²) in [6.07, 6.45) is 31.6. The maximum Gasteiger partial charge on any atom is 0.220 e. The normalized spacial score (nSPS) is 29.8. The van der Waals surface area contributed by atoms with Gasteiger partial charge in [-0.1, -0.05) is 189 Å². The first-order chi connectivity index (χ1) is 40.8. The molecule has 0 aliphatic carbocycles. The Hall–Kier alpha value is -3.03. The van der Waals surface area contributed by atoms with Gasteiger partial charge in [-0.2, -0.15) is 0 Å². The molecular formula is C65H111NO18. The summed E-state index contributed by atoms with van der Waals surface area (Å²) in [5, 5.41) is 120. The lowest BCUT2D eigenvalue weighted by Crippen LogP contribution is -2.66. The Bertz CT molecular complexity index is 1860. The van der Waals surface area contributed by atoms with Crippen molar-refractivity contribution in [2.45, 2.75) is 291 Å². The topological polar surface area (TPSA) is 307 Å². The van der Waals surface area contributed by atoms with E-state index in [0.717, 1.165) is 83.5 Å². The van der Waals surface area contributed by atoms with Crippen LogP contribution in [-0.2, 0) is 33.2 Å². The third kappa shape index (κ3) is 29.8. The minimum absolute atomic E-state index is 0.229. The quantitative estimate of drug-likeness (QED) is 0.0221. The summed E-state index contributed by atoms with van der Waals surface area (Å²) in [4.78, 5) is 13.3. The van der Waals surface area contributed by atoms with Crippen LogP contribution in [0.3, 0.4) is 0 Å². The van der Waals surface area contributed by atoms with Crippen LogP contribution in [0.25, 0.3) is 0 Å². The van der Waals surface area contributed by atoms with E-state index in [1.54, 1.807) is 6.08 Å². The molecule has 84 heavy (non-hydrogen) atoms. The number of ether oxygens (including phenoxy) is 6. The first kappa shape index (κ1) is 75.2. The van der Waals surface area contributed by atoms with Gasteiger partial charge in [0.1, 0.15) is 73.2 Å². The predicted octanol–water partition coefficient (Wildman–Crippen LogP) is 6.76. The van der Waals surface area contributed by atoms with Gasteiger partial charge in [-0.05, 0) is 77.0 Å². The number of rotatable bonds is 46. The van der Waals surface area contributed by atoms with E-state index in [9.17, 15) is 61.0 Å². The Balaban J connectivity index is 1.39. The van der Waals surface area contributed by atoms with Crippen molar-refractivity contribution in [3.63, 3.8) is 0 Å². The monoisotopic (exact) mass is 1190 g/mol. The van der Waals surface area contributed by atoms with Crippen molar-refractivity contribution in [2.24, 2.45) is 0 Å². The van der Waals surface area contributed by atoms with E-state index in [2.05, 4.69) is 92.1 Å². The van der Waals surface area contributed by atoms with E-state index >= 15 is 0 Å². The van der Waals surface area contributed by atoms with E-state index < -0.39 is 124 Å². The van der Waals surface area contributed by atoms with Crippen LogP contribution in [0, 0.1) is 0 Å². The van der Waals surface area contributed by atoms with Crippen molar-refractivity contribution < 1.29 is 89.4 Å². The molecule has 3 aliphatic heterocycles. The summed E-state index contributed by atoms with van der Waals surface area (Å²) in [5.74, 6) is -0.293. The van der Waals surface area contributed by atoms with Crippen molar-refractivity contribution >= 4 is 5.91 Å². The molecule has 0 aromatic heterocycles. The van der Waals surface area contributed by atoms with Gasteiger partial charge in [-0.3, -0.25) is 4.79 Å². The molecule has 0 radical (unpaired) electrons. The van der Waals surface area contributed by atoms with Crippen LogP contribution in [-0.4, -0.2) is 193 Å². The number of carbonyl (C=O) groups is 1. The Kier molecular flexibility index (Phi) is 42.1. The molecule has 0 bridgehead atoms. The third-order valence-electron chi connectivity index (χ3n) is 15.4. The summed E-state index contributed by atoms with van der Waals surface area (Å²) >= 11 is 0. The number of carbonyl (C=O) groups excluding carboxylic acids is 1. The van der Waals surface area contributed by atoms with Gasteiger partial charge in [-0.15, -0.1) is 0 Å². The fraction of sp³-hybridized carbons (Fsp3) is 0.769. The van der Waals surface area contributed by atoms with Crippen molar-refractivity contribution in [3.05, 3.63) is 85.1 Å². The van der Waals surface area contributed by atoms with Crippen LogP contribution >= 0.6 is 0 Å². The molecule has 3 aliphatic rings. The van der Waals surface area contributed by atoms with E-state index in [4.69, 9.17) is 28.4 Å². The molecule has 3 heterocycles. The molecule has 3 fully saturated rings. The molecule has 17 unspecified atom stereocenters. The van der Waals surface area contributed by atoms with Gasteiger partial charge in [0, 0.05) is 6.42 Å². The molecule has 1 amide bonds. The zero-order valence-corrected chi connectivity index (χ0v) is 50.6. The van der Waals surface area contributed by atoms with E-state index in [0.29, 0.717) is 12.8 Å². The van der Waals surface area contributed by atoms with Crippen LogP contribution in [0.4, 0.5) is 0 Å². The minimum atomic E-state index is -1.98. The van der Waals surface area contributed by atoms with E-state index in [-0.39, 0.29) is 18.9 Å². The summed E-state index contributed by atoms with van der Waals surface area (Å²) in [6, 6.07) is -0.993. The molecule has 3 saturated heterocycles. The van der Waals surface area contributed by atoms with Gasteiger partial charge in [-0.25, -0.2) is 0 Å². The summed E-state index contributed by atoms with van der Waals surface area (Å²) < 4.78 is 34.2. The van der Waals surface area contributed by atoms with Crippen molar-refractivity contribution in [1.29, 1.82) is 0 Å². The second-order valence-electron chi connectivity index (χ2n) is 22.5. The smallest absolute Gasteiger partial charge is 0.220 e. The molecule has 0 spiro atoms. The van der Waals surface area contributed by atoms with Crippen LogP contribution in [0.1, 0.15) is 187 Å². The minimum Gasteiger partial charge on any atom is -0.394 e. The standard InChI is InChI=1S/C65H111NO18/c1-3-5-7-9-11-13-15-16-17-18-19-20-21-22-23-24-25-26-27-28-29-30-31-32-33-35-37-39-41-43-53(71)66-48(49(70)42-40-38-36-34-14-12-10-8-6-4-2)47-79-63-59(77)56(74)61(51(45-68)81-63)84-65-60(78)57(75)62(52(46-69)82-65)83-64-58(76)55(73)54(72)50(44-67)80-64/h5,7,11,13-14,16-17,19-20,22-23,34,40,42,48-52,54-65,67-70,72-78H,3-4,6,8-10,12,15,18,21,24-33,35-39,41,43-47H2,1-2H3,(H,66,71)/b7-5-,13-11-,17-16-,20-19-,23-22-,34-14+,42-40+. The van der Waals surface area contributed by atoms with Gasteiger partial charge in [0.2, 0.25) is 5.91 Å². The van der Waals surface area contributed by atoms with E-state index in [1.807, 2.05) is 6.08 Å². The predicted molar refractivity (Wildman–Crippen MR) is 323 cm³/mol. The molecule has 0 aromatic rings. The molecule has 3 rings (SSSR count). The molecule has 19 heteroatoms. The number of aliphatic hydroxyl groups excluding tert-OH is 11. The number of allylic oxidation sites excluding steroid dienone is 13. The maximum absolute atomic E-state index is 13.3. The molecule has 17 atom stereocenters. The highest BCUT2D eigenvalue weighted by Crippen LogP contribution is 2.33. The van der Waals surface area contributed by atoms with Crippen LogP contribution < -0.4 is 5.32 Å². The first-order valence-electron chi connectivity index (χ1n) is 31.8. The lowest BCUT2D eigenvalue weighted by atomic mass is 9.96. The highest BCUT2D eigenvalue weighted by Gasteiger charge is 2.53. The third-order valence-corrected chi connectivity index (χ3v) is 15.4. The van der Waals surface area contributed by atoms with Crippen molar-refractivity contribution in [2.75, 3.05) is 26.4 Å². The van der Waals surface area contributed by atoms with E-state index in [1.165, 1.54) is 70.6 Å². The lowest BCUT2D eigenvalue weighted by Gasteiger charge is -2.48. The number of hydrogen-bond donors (Lipinski definition) is 12. The Morgan fingerprint density at radius 2 is 0.833 bits per heavy atom. The fourth-order valence-electron chi connectivity index (χ4n) is 10.2. The lowest BCUT2D eigenvalue weighted by molar-refractivity contribution is -0.379. The summed E-state index contributed by atoms with van der Waals surface area (Å²) in [5.41, 5.74) is 0. The number of hydrogen-bond acceptors (Lipinski definition) is 18.